The van der Waals surface area contributed by atoms with Gasteiger partial charge in [-0.15, -0.1) is 0 Å². The Morgan fingerprint density at radius 2 is 1.95 bits per heavy atom. The number of likely N-dealkylation sites (tertiary alicyclic amines) is 1. The second kappa shape index (κ2) is 8.00. The lowest BCUT2D eigenvalue weighted by atomic mass is 10.0. The number of rotatable bonds is 3. The van der Waals surface area contributed by atoms with Crippen molar-refractivity contribution >= 4 is 17.7 Å². The number of nitrogens with one attached hydrogen (secondary N) is 1. The van der Waals surface area contributed by atoms with Crippen LogP contribution >= 0.6 is 11.8 Å². The van der Waals surface area contributed by atoms with Crippen molar-refractivity contribution in [2.24, 2.45) is 10.9 Å². The molecule has 2 rings (SSSR count). The molecular weight excluding hydrogens is 258 g/mol. The maximum Gasteiger partial charge on any atom is 0.193 e. The van der Waals surface area contributed by atoms with Gasteiger partial charge in [-0.05, 0) is 50.0 Å². The third kappa shape index (κ3) is 4.88. The fourth-order valence-electron chi connectivity index (χ4n) is 2.65. The number of nitrogens with zero attached hydrogens (tertiary/aromatic N) is 2. The van der Waals surface area contributed by atoms with E-state index in [2.05, 4.69) is 28.9 Å². The number of aliphatic imine (C=N–C) groups is 1. The Balaban J connectivity index is 1.86. The van der Waals surface area contributed by atoms with Crippen molar-refractivity contribution in [1.29, 1.82) is 0 Å². The number of hydrogen-bond donors (Lipinski definition) is 2. The summed E-state index contributed by atoms with van der Waals surface area (Å²) in [5.41, 5.74) is 0. The van der Waals surface area contributed by atoms with Gasteiger partial charge in [0.2, 0.25) is 0 Å². The fourth-order valence-corrected chi connectivity index (χ4v) is 3.85. The maximum absolute atomic E-state index is 9.58. The average molecular weight is 285 g/mol. The Morgan fingerprint density at radius 1 is 1.26 bits per heavy atom. The summed E-state index contributed by atoms with van der Waals surface area (Å²) in [5.74, 6) is 4.41. The number of hydrogen-bond acceptors (Lipinski definition) is 3. The molecule has 2 aliphatic rings. The van der Waals surface area contributed by atoms with E-state index in [1.54, 1.807) is 0 Å². The molecule has 2 heterocycles. The normalized spacial score (nSPS) is 23.7. The van der Waals surface area contributed by atoms with Crippen molar-refractivity contribution in [3.63, 3.8) is 0 Å². The molecule has 0 aromatic carbocycles. The molecule has 0 amide bonds. The highest BCUT2D eigenvalue weighted by Gasteiger charge is 2.20. The average Bonchev–Trinajstić information content (AvgIpc) is 2.46. The third-order valence-electron chi connectivity index (χ3n) is 3.94. The highest BCUT2D eigenvalue weighted by Crippen LogP contribution is 2.22. The zero-order valence-corrected chi connectivity index (χ0v) is 12.8. The first-order valence-electron chi connectivity index (χ1n) is 7.58. The largest absolute Gasteiger partial charge is 0.393 e. The zero-order valence-electron chi connectivity index (χ0n) is 12.0. The third-order valence-corrected chi connectivity index (χ3v) is 4.99. The van der Waals surface area contributed by atoms with Crippen molar-refractivity contribution in [2.45, 2.75) is 38.7 Å². The molecule has 0 aliphatic carbocycles. The molecule has 5 heteroatoms. The number of aliphatic hydroxyl groups excluding tert-OH is 1. The highest BCUT2D eigenvalue weighted by atomic mass is 32.2. The van der Waals surface area contributed by atoms with Crippen LogP contribution in [-0.2, 0) is 0 Å². The minimum absolute atomic E-state index is 0.116. The lowest BCUT2D eigenvalue weighted by Crippen LogP contribution is -2.46. The molecule has 4 nitrogen and oxygen atoms in total. The molecule has 2 aliphatic heterocycles. The van der Waals surface area contributed by atoms with E-state index in [9.17, 15) is 5.11 Å². The van der Waals surface area contributed by atoms with E-state index in [0.717, 1.165) is 50.9 Å². The van der Waals surface area contributed by atoms with Gasteiger partial charge < -0.3 is 15.3 Å². The molecule has 0 saturated carbocycles. The molecule has 0 unspecified atom stereocenters. The van der Waals surface area contributed by atoms with Crippen LogP contribution in [-0.4, -0.2) is 59.8 Å². The van der Waals surface area contributed by atoms with Crippen molar-refractivity contribution in [2.75, 3.05) is 37.7 Å². The minimum atomic E-state index is -0.116. The zero-order chi connectivity index (χ0) is 13.5. The first-order chi connectivity index (χ1) is 9.29. The van der Waals surface area contributed by atoms with Crippen molar-refractivity contribution < 1.29 is 5.11 Å². The monoisotopic (exact) mass is 285 g/mol. The first-order valence-corrected chi connectivity index (χ1v) is 8.74. The first kappa shape index (κ1) is 15.0. The second-order valence-electron chi connectivity index (χ2n) is 5.47. The minimum Gasteiger partial charge on any atom is -0.393 e. The molecule has 19 heavy (non-hydrogen) atoms. The number of piperidine rings is 1. The van der Waals surface area contributed by atoms with E-state index < -0.39 is 0 Å². The van der Waals surface area contributed by atoms with Gasteiger partial charge >= 0.3 is 0 Å². The molecule has 2 saturated heterocycles. The van der Waals surface area contributed by atoms with E-state index in [0.29, 0.717) is 0 Å². The number of thioether (sulfide) groups is 1. The molecule has 110 valence electrons. The van der Waals surface area contributed by atoms with Crippen LogP contribution in [0.15, 0.2) is 4.99 Å². The molecule has 0 aromatic rings. The lowest BCUT2D eigenvalue weighted by molar-refractivity contribution is 0.108. The molecule has 0 atom stereocenters. The quantitative estimate of drug-likeness (QED) is 0.610. The smallest absolute Gasteiger partial charge is 0.193 e. The van der Waals surface area contributed by atoms with E-state index in [1.165, 1.54) is 24.3 Å². The van der Waals surface area contributed by atoms with Crippen molar-refractivity contribution in [3.05, 3.63) is 0 Å². The summed E-state index contributed by atoms with van der Waals surface area (Å²) in [6, 6.07) is 0. The van der Waals surface area contributed by atoms with E-state index in [1.807, 2.05) is 0 Å². The molecule has 2 N–H and O–H groups in total. The standard InChI is InChI=1S/C14H27N3OS/c1-2-15-14(17-7-3-13(18)4-8-17)16-11-12-5-9-19-10-6-12/h12-13,18H,2-11H2,1H3,(H,15,16). The summed E-state index contributed by atoms with van der Waals surface area (Å²) in [6.45, 7) is 5.84. The van der Waals surface area contributed by atoms with Gasteiger partial charge in [0.25, 0.3) is 0 Å². The van der Waals surface area contributed by atoms with Crippen molar-refractivity contribution in [3.8, 4) is 0 Å². The van der Waals surface area contributed by atoms with Crippen LogP contribution in [0, 0.1) is 5.92 Å². The Labute approximate surface area is 121 Å². The van der Waals surface area contributed by atoms with Gasteiger partial charge in [-0.25, -0.2) is 0 Å². The Kier molecular flexibility index (Phi) is 6.31. The van der Waals surface area contributed by atoms with E-state index in [-0.39, 0.29) is 6.10 Å². The van der Waals surface area contributed by atoms with Crippen LogP contribution in [0.2, 0.25) is 0 Å². The van der Waals surface area contributed by atoms with Crippen LogP contribution in [0.25, 0.3) is 0 Å². The molecule has 0 radical (unpaired) electrons. The summed E-state index contributed by atoms with van der Waals surface area (Å²) in [6.07, 6.45) is 4.24. The predicted molar refractivity (Wildman–Crippen MR) is 82.8 cm³/mol. The molecule has 2 fully saturated rings. The lowest BCUT2D eigenvalue weighted by Gasteiger charge is -2.32. The van der Waals surface area contributed by atoms with Gasteiger partial charge in [-0.2, -0.15) is 11.8 Å². The molecular formula is C14H27N3OS. The number of aliphatic hydroxyl groups is 1. The fraction of sp³-hybridized carbons (Fsp3) is 0.929. The van der Waals surface area contributed by atoms with E-state index in [4.69, 9.17) is 4.99 Å². The predicted octanol–water partition coefficient (Wildman–Crippen LogP) is 1.55. The van der Waals surface area contributed by atoms with Gasteiger partial charge in [0.15, 0.2) is 5.96 Å². The van der Waals surface area contributed by atoms with Gasteiger partial charge in [-0.3, -0.25) is 4.99 Å². The SMILES string of the molecule is CCNC(=NCC1CCSCC1)N1CCC(O)CC1. The van der Waals surface area contributed by atoms with E-state index >= 15 is 0 Å². The Bertz CT molecular complexity index is 284. The summed E-state index contributed by atoms with van der Waals surface area (Å²) in [7, 11) is 0. The molecule has 0 spiro atoms. The van der Waals surface area contributed by atoms with Gasteiger partial charge in [0.1, 0.15) is 0 Å². The molecule has 0 bridgehead atoms. The van der Waals surface area contributed by atoms with Crippen LogP contribution in [0.3, 0.4) is 0 Å². The van der Waals surface area contributed by atoms with Crippen LogP contribution < -0.4 is 5.32 Å². The summed E-state index contributed by atoms with van der Waals surface area (Å²) in [4.78, 5) is 7.13. The van der Waals surface area contributed by atoms with Crippen LogP contribution in [0.4, 0.5) is 0 Å². The van der Waals surface area contributed by atoms with Gasteiger partial charge in [0, 0.05) is 26.2 Å². The molecule has 0 aromatic heterocycles. The van der Waals surface area contributed by atoms with Gasteiger partial charge in [0.05, 0.1) is 6.10 Å². The Morgan fingerprint density at radius 3 is 2.58 bits per heavy atom. The van der Waals surface area contributed by atoms with Gasteiger partial charge in [-0.1, -0.05) is 0 Å². The summed E-state index contributed by atoms with van der Waals surface area (Å²) < 4.78 is 0. The highest BCUT2D eigenvalue weighted by molar-refractivity contribution is 7.99. The number of guanidine groups is 1. The van der Waals surface area contributed by atoms with Crippen LogP contribution in [0.1, 0.15) is 32.6 Å². The summed E-state index contributed by atoms with van der Waals surface area (Å²) in [5, 5.41) is 13.0. The second-order valence-corrected chi connectivity index (χ2v) is 6.69. The van der Waals surface area contributed by atoms with Crippen molar-refractivity contribution in [1.82, 2.24) is 10.2 Å². The van der Waals surface area contributed by atoms with Crippen LogP contribution in [0.5, 0.6) is 0 Å². The summed E-state index contributed by atoms with van der Waals surface area (Å²) >= 11 is 2.07. The topological polar surface area (TPSA) is 47.9 Å². The Hall–Kier alpha value is -0.420. The maximum atomic E-state index is 9.58.